The zero-order valence-corrected chi connectivity index (χ0v) is 14.0. The first-order chi connectivity index (χ1) is 9.88. The topological polar surface area (TPSA) is 55.4 Å². The summed E-state index contributed by atoms with van der Waals surface area (Å²) in [4.78, 5) is 24.2. The van der Waals surface area contributed by atoms with Crippen LogP contribution in [0.1, 0.15) is 20.8 Å². The highest BCUT2D eigenvalue weighted by Gasteiger charge is 2.17. The van der Waals surface area contributed by atoms with Crippen molar-refractivity contribution in [3.05, 3.63) is 29.3 Å². The summed E-state index contributed by atoms with van der Waals surface area (Å²) in [5, 5.41) is 2.96. The quantitative estimate of drug-likeness (QED) is 0.617. The van der Waals surface area contributed by atoms with Gasteiger partial charge in [0, 0.05) is 16.5 Å². The largest absolute Gasteiger partial charge is 0.455 e. The van der Waals surface area contributed by atoms with Crippen LogP contribution < -0.4 is 5.32 Å². The molecule has 0 fully saturated rings. The van der Waals surface area contributed by atoms with Crippen molar-refractivity contribution in [3.63, 3.8) is 0 Å². The molecular weight excluding hydrogens is 310 g/mol. The summed E-state index contributed by atoms with van der Waals surface area (Å²) in [6.07, 6.45) is 0. The molecule has 1 N–H and O–H groups in total. The third-order valence-electron chi connectivity index (χ3n) is 2.51. The van der Waals surface area contributed by atoms with E-state index in [-0.39, 0.29) is 17.8 Å². The lowest BCUT2D eigenvalue weighted by atomic mass is 10.2. The Balaban J connectivity index is 2.34. The van der Waals surface area contributed by atoms with Crippen molar-refractivity contribution in [2.75, 3.05) is 13.2 Å². The normalized spacial score (nSPS) is 12.0. The van der Waals surface area contributed by atoms with Gasteiger partial charge in [0.1, 0.15) is 5.25 Å². The average Bonchev–Trinajstić information content (AvgIpc) is 2.44. The molecule has 116 valence electrons. The Bertz CT molecular complexity index is 476. The number of rotatable bonds is 7. The highest BCUT2D eigenvalue weighted by molar-refractivity contribution is 8.00. The molecule has 0 aliphatic heterocycles. The minimum atomic E-state index is -0.408. The first-order valence-corrected chi connectivity index (χ1v) is 7.99. The van der Waals surface area contributed by atoms with E-state index >= 15 is 0 Å². The number of amides is 1. The molecule has 6 heteroatoms. The Hall–Kier alpha value is -1.20. The van der Waals surface area contributed by atoms with E-state index in [0.29, 0.717) is 17.5 Å². The molecule has 4 nitrogen and oxygen atoms in total. The van der Waals surface area contributed by atoms with Crippen molar-refractivity contribution in [1.29, 1.82) is 0 Å². The fraction of sp³-hybridized carbons (Fsp3) is 0.467. The van der Waals surface area contributed by atoms with Crippen LogP contribution in [0.25, 0.3) is 0 Å². The van der Waals surface area contributed by atoms with Crippen LogP contribution in [0.2, 0.25) is 5.02 Å². The second kappa shape index (κ2) is 8.95. The molecule has 1 amide bonds. The summed E-state index contributed by atoms with van der Waals surface area (Å²) >= 11 is 7.17. The minimum Gasteiger partial charge on any atom is -0.455 e. The van der Waals surface area contributed by atoms with Gasteiger partial charge in [0.25, 0.3) is 5.91 Å². The molecule has 1 rings (SSSR count). The summed E-state index contributed by atoms with van der Waals surface area (Å²) in [6, 6.07) is 7.21. The Morgan fingerprint density at radius 2 is 1.86 bits per heavy atom. The zero-order valence-electron chi connectivity index (χ0n) is 12.4. The molecule has 0 heterocycles. The number of ether oxygens (including phenoxy) is 1. The van der Waals surface area contributed by atoms with Gasteiger partial charge in [0.15, 0.2) is 6.61 Å². The van der Waals surface area contributed by atoms with Gasteiger partial charge >= 0.3 is 5.97 Å². The second-order valence-corrected chi connectivity index (χ2v) is 6.87. The summed E-state index contributed by atoms with van der Waals surface area (Å²) in [6.45, 7) is 6.07. The van der Waals surface area contributed by atoms with Crippen molar-refractivity contribution >= 4 is 35.2 Å². The maximum Gasteiger partial charge on any atom is 0.319 e. The number of carbonyl (C=O) groups excluding carboxylic acids is 2. The molecule has 0 aliphatic rings. The molecule has 0 spiro atoms. The van der Waals surface area contributed by atoms with Gasteiger partial charge in [-0.05, 0) is 37.1 Å². The number of esters is 1. The van der Waals surface area contributed by atoms with Crippen molar-refractivity contribution in [2.45, 2.75) is 30.9 Å². The predicted octanol–water partition coefficient (Wildman–Crippen LogP) is 3.14. The van der Waals surface area contributed by atoms with Gasteiger partial charge in [-0.3, -0.25) is 9.59 Å². The smallest absolute Gasteiger partial charge is 0.319 e. The Kier molecular flexibility index (Phi) is 7.61. The third kappa shape index (κ3) is 7.39. The van der Waals surface area contributed by atoms with Gasteiger partial charge in [-0.2, -0.15) is 0 Å². The van der Waals surface area contributed by atoms with Gasteiger partial charge in [-0.25, -0.2) is 0 Å². The van der Waals surface area contributed by atoms with E-state index < -0.39 is 5.97 Å². The van der Waals surface area contributed by atoms with Gasteiger partial charge < -0.3 is 10.1 Å². The molecule has 1 atom stereocenters. The standard InChI is InChI=1S/C15H20ClNO3S/c1-10(2)8-17-14(18)9-20-15(19)11(3)21-13-6-4-12(16)5-7-13/h4-7,10-11H,8-9H2,1-3H3,(H,17,18)/t11-/m1/s1. The van der Waals surface area contributed by atoms with Crippen LogP contribution in [0.5, 0.6) is 0 Å². The fourth-order valence-corrected chi connectivity index (χ4v) is 2.38. The number of benzene rings is 1. The first-order valence-electron chi connectivity index (χ1n) is 6.74. The number of carbonyl (C=O) groups is 2. The zero-order chi connectivity index (χ0) is 15.8. The molecule has 0 aliphatic carbocycles. The Morgan fingerprint density at radius 3 is 2.43 bits per heavy atom. The van der Waals surface area contributed by atoms with Crippen molar-refractivity contribution in [2.24, 2.45) is 5.92 Å². The summed E-state index contributed by atoms with van der Waals surface area (Å²) in [5.74, 6) is -0.320. The van der Waals surface area contributed by atoms with E-state index in [0.717, 1.165) is 4.90 Å². The summed E-state index contributed by atoms with van der Waals surface area (Å²) in [7, 11) is 0. The third-order valence-corrected chi connectivity index (χ3v) is 3.85. The number of hydrogen-bond donors (Lipinski definition) is 1. The van der Waals surface area contributed by atoms with Gasteiger partial charge in [0.05, 0.1) is 0 Å². The molecule has 21 heavy (non-hydrogen) atoms. The Morgan fingerprint density at radius 1 is 1.24 bits per heavy atom. The van der Waals surface area contributed by atoms with Gasteiger partial charge in [-0.15, -0.1) is 11.8 Å². The lowest BCUT2D eigenvalue weighted by molar-refractivity contribution is -0.147. The SMILES string of the molecule is CC(C)CNC(=O)COC(=O)[C@@H](C)Sc1ccc(Cl)cc1. The summed E-state index contributed by atoms with van der Waals surface area (Å²) < 4.78 is 5.00. The van der Waals surface area contributed by atoms with Crippen LogP contribution in [0, 0.1) is 5.92 Å². The van der Waals surface area contributed by atoms with E-state index in [1.807, 2.05) is 26.0 Å². The first kappa shape index (κ1) is 17.9. The monoisotopic (exact) mass is 329 g/mol. The molecule has 1 aromatic rings. The van der Waals surface area contributed by atoms with E-state index in [4.69, 9.17) is 16.3 Å². The minimum absolute atomic E-state index is 0.239. The highest BCUT2D eigenvalue weighted by Crippen LogP contribution is 2.25. The van der Waals surface area contributed by atoms with Crippen LogP contribution in [0.4, 0.5) is 0 Å². The van der Waals surface area contributed by atoms with E-state index in [1.165, 1.54) is 11.8 Å². The van der Waals surface area contributed by atoms with Crippen LogP contribution >= 0.6 is 23.4 Å². The van der Waals surface area contributed by atoms with Crippen LogP contribution in [0.15, 0.2) is 29.2 Å². The molecule has 0 saturated heterocycles. The maximum absolute atomic E-state index is 11.8. The lowest BCUT2D eigenvalue weighted by Gasteiger charge is -2.12. The van der Waals surface area contributed by atoms with E-state index in [2.05, 4.69) is 5.32 Å². The van der Waals surface area contributed by atoms with Crippen molar-refractivity contribution < 1.29 is 14.3 Å². The molecule has 0 unspecified atom stereocenters. The Labute approximate surface area is 134 Å². The van der Waals surface area contributed by atoms with Gasteiger partial charge in [0.2, 0.25) is 0 Å². The molecule has 0 radical (unpaired) electrons. The summed E-state index contributed by atoms with van der Waals surface area (Å²) in [5.41, 5.74) is 0. The van der Waals surface area contributed by atoms with E-state index in [9.17, 15) is 9.59 Å². The number of hydrogen-bond acceptors (Lipinski definition) is 4. The lowest BCUT2D eigenvalue weighted by Crippen LogP contribution is -2.32. The van der Waals surface area contributed by atoms with Crippen molar-refractivity contribution in [1.82, 2.24) is 5.32 Å². The molecular formula is C15H20ClNO3S. The number of halogens is 1. The maximum atomic E-state index is 11.8. The molecule has 0 aromatic heterocycles. The number of thioether (sulfide) groups is 1. The van der Waals surface area contributed by atoms with E-state index in [1.54, 1.807) is 19.1 Å². The fourth-order valence-electron chi connectivity index (χ4n) is 1.39. The van der Waals surface area contributed by atoms with Crippen LogP contribution in [0.3, 0.4) is 0 Å². The molecule has 0 bridgehead atoms. The second-order valence-electron chi connectivity index (χ2n) is 5.02. The van der Waals surface area contributed by atoms with Crippen LogP contribution in [-0.4, -0.2) is 30.3 Å². The van der Waals surface area contributed by atoms with Gasteiger partial charge in [-0.1, -0.05) is 25.4 Å². The van der Waals surface area contributed by atoms with Crippen molar-refractivity contribution in [3.8, 4) is 0 Å². The molecule has 1 aromatic carbocycles. The highest BCUT2D eigenvalue weighted by atomic mass is 35.5. The van der Waals surface area contributed by atoms with Crippen LogP contribution in [-0.2, 0) is 14.3 Å². The average molecular weight is 330 g/mol. The number of nitrogens with one attached hydrogen (secondary N) is 1. The predicted molar refractivity (Wildman–Crippen MR) is 85.6 cm³/mol. The molecule has 0 saturated carbocycles.